The van der Waals surface area contributed by atoms with Crippen LogP contribution in [0, 0.1) is 0 Å². The Kier molecular flexibility index (Phi) is 3.48. The predicted octanol–water partition coefficient (Wildman–Crippen LogP) is 1.47. The number of nitrogens with zero attached hydrogens (tertiary/aromatic N) is 3. The molecule has 0 fully saturated rings. The van der Waals surface area contributed by atoms with Crippen molar-refractivity contribution in [3.63, 3.8) is 0 Å². The Morgan fingerprint density at radius 2 is 1.89 bits per heavy atom. The van der Waals surface area contributed by atoms with Crippen molar-refractivity contribution in [2.45, 2.75) is 19.4 Å². The number of rotatable bonds is 3. The number of hydrogen-bond donors (Lipinski definition) is 1. The number of benzene rings is 1. The van der Waals surface area contributed by atoms with E-state index < -0.39 is 5.54 Å². The second kappa shape index (κ2) is 4.93. The summed E-state index contributed by atoms with van der Waals surface area (Å²) in [5, 5.41) is 9.32. The molecule has 19 heavy (non-hydrogen) atoms. The fourth-order valence-electron chi connectivity index (χ4n) is 1.67. The van der Waals surface area contributed by atoms with Crippen molar-refractivity contribution in [1.82, 2.24) is 14.9 Å². The highest BCUT2D eigenvalue weighted by Crippen LogP contribution is 2.17. The van der Waals surface area contributed by atoms with Crippen LogP contribution in [-0.4, -0.2) is 45.1 Å². The lowest BCUT2D eigenvalue weighted by Gasteiger charge is -2.34. The zero-order chi connectivity index (χ0) is 14.0. The summed E-state index contributed by atoms with van der Waals surface area (Å²) in [5.74, 6) is -0.147. The highest BCUT2D eigenvalue weighted by Gasteiger charge is 2.27. The maximum Gasteiger partial charge on any atom is 0.254 e. The maximum absolute atomic E-state index is 12.4. The summed E-state index contributed by atoms with van der Waals surface area (Å²) in [4.78, 5) is 22.2. The number of aliphatic hydroxyl groups excluding tert-OH is 1. The van der Waals surface area contributed by atoms with Crippen LogP contribution in [0.3, 0.4) is 0 Å². The molecule has 1 N–H and O–H groups in total. The second-order valence-electron chi connectivity index (χ2n) is 5.09. The molecule has 100 valence electrons. The van der Waals surface area contributed by atoms with Crippen molar-refractivity contribution in [3.8, 4) is 0 Å². The Balaban J connectivity index is 2.36. The molecule has 0 unspecified atom stereocenters. The SMILES string of the molecule is CN(C(=O)c1ccc2nccnc2c1)C(C)(C)CO. The standard InChI is InChI=1S/C14H17N3O2/c1-14(2,9-18)17(3)13(19)10-4-5-11-12(8-10)16-7-6-15-11/h4-8,18H,9H2,1-3H3. The van der Waals surface area contributed by atoms with Crippen LogP contribution in [0.25, 0.3) is 11.0 Å². The molecule has 0 saturated heterocycles. The van der Waals surface area contributed by atoms with Crippen LogP contribution < -0.4 is 0 Å². The molecule has 0 radical (unpaired) electrons. The lowest BCUT2D eigenvalue weighted by molar-refractivity contribution is 0.0473. The summed E-state index contributed by atoms with van der Waals surface area (Å²) in [6, 6.07) is 5.22. The van der Waals surface area contributed by atoms with Gasteiger partial charge >= 0.3 is 0 Å². The number of carbonyl (C=O) groups excluding carboxylic acids is 1. The zero-order valence-electron chi connectivity index (χ0n) is 11.3. The fraction of sp³-hybridized carbons (Fsp3) is 0.357. The van der Waals surface area contributed by atoms with E-state index in [-0.39, 0.29) is 12.5 Å². The Hall–Kier alpha value is -2.01. The predicted molar refractivity (Wildman–Crippen MR) is 72.8 cm³/mol. The lowest BCUT2D eigenvalue weighted by atomic mass is 10.0. The van der Waals surface area contributed by atoms with Gasteiger partial charge in [-0.1, -0.05) is 0 Å². The number of amides is 1. The average Bonchev–Trinajstić information content (AvgIpc) is 2.45. The first-order chi connectivity index (χ1) is 8.95. The molecule has 1 heterocycles. The van der Waals surface area contributed by atoms with Gasteiger partial charge in [-0.3, -0.25) is 14.8 Å². The molecule has 0 aliphatic rings. The van der Waals surface area contributed by atoms with E-state index in [4.69, 9.17) is 0 Å². The number of fused-ring (bicyclic) bond motifs is 1. The molecular formula is C14H17N3O2. The van der Waals surface area contributed by atoms with Gasteiger partial charge in [0.1, 0.15) is 0 Å². The Bertz CT molecular complexity index is 610. The van der Waals surface area contributed by atoms with Gasteiger partial charge in [0.25, 0.3) is 5.91 Å². The average molecular weight is 259 g/mol. The molecule has 0 aliphatic carbocycles. The van der Waals surface area contributed by atoms with Crippen LogP contribution in [0.1, 0.15) is 24.2 Å². The summed E-state index contributed by atoms with van der Waals surface area (Å²) < 4.78 is 0. The molecule has 1 aromatic heterocycles. The number of likely N-dealkylation sites (N-methyl/N-ethyl adjacent to an activating group) is 1. The largest absolute Gasteiger partial charge is 0.394 e. The van der Waals surface area contributed by atoms with E-state index in [1.807, 2.05) is 13.8 Å². The third-order valence-electron chi connectivity index (χ3n) is 3.32. The minimum atomic E-state index is -0.603. The van der Waals surface area contributed by atoms with E-state index >= 15 is 0 Å². The quantitative estimate of drug-likeness (QED) is 0.906. The number of carbonyl (C=O) groups is 1. The van der Waals surface area contributed by atoms with Gasteiger partial charge in [0, 0.05) is 25.0 Å². The molecular weight excluding hydrogens is 242 g/mol. The van der Waals surface area contributed by atoms with E-state index in [0.29, 0.717) is 11.1 Å². The van der Waals surface area contributed by atoms with Crippen LogP contribution in [-0.2, 0) is 0 Å². The minimum absolute atomic E-state index is 0.0946. The minimum Gasteiger partial charge on any atom is -0.394 e. The van der Waals surface area contributed by atoms with Crippen molar-refractivity contribution < 1.29 is 9.90 Å². The van der Waals surface area contributed by atoms with Gasteiger partial charge in [0.15, 0.2) is 0 Å². The molecule has 0 atom stereocenters. The first-order valence-corrected chi connectivity index (χ1v) is 6.05. The molecule has 1 amide bonds. The molecule has 5 nitrogen and oxygen atoms in total. The van der Waals surface area contributed by atoms with Gasteiger partial charge in [-0.25, -0.2) is 0 Å². The Morgan fingerprint density at radius 3 is 2.53 bits per heavy atom. The molecule has 5 heteroatoms. The summed E-state index contributed by atoms with van der Waals surface area (Å²) in [6.45, 7) is 3.53. The third-order valence-corrected chi connectivity index (χ3v) is 3.32. The monoisotopic (exact) mass is 259 g/mol. The van der Waals surface area contributed by atoms with E-state index in [1.54, 1.807) is 37.6 Å². The van der Waals surface area contributed by atoms with Crippen LogP contribution in [0.15, 0.2) is 30.6 Å². The Morgan fingerprint density at radius 1 is 1.26 bits per heavy atom. The van der Waals surface area contributed by atoms with Gasteiger partial charge in [0.05, 0.1) is 23.2 Å². The molecule has 0 saturated carbocycles. The number of hydrogen-bond acceptors (Lipinski definition) is 4. The van der Waals surface area contributed by atoms with Gasteiger partial charge in [-0.15, -0.1) is 0 Å². The lowest BCUT2D eigenvalue weighted by Crippen LogP contribution is -2.47. The highest BCUT2D eigenvalue weighted by molar-refractivity contribution is 5.97. The maximum atomic E-state index is 12.4. The van der Waals surface area contributed by atoms with Crippen LogP contribution in [0.2, 0.25) is 0 Å². The van der Waals surface area contributed by atoms with Crippen molar-refractivity contribution in [3.05, 3.63) is 36.2 Å². The summed E-state index contributed by atoms with van der Waals surface area (Å²) >= 11 is 0. The molecule has 0 aliphatic heterocycles. The normalized spacial score (nSPS) is 11.6. The smallest absolute Gasteiger partial charge is 0.254 e. The van der Waals surface area contributed by atoms with Gasteiger partial charge < -0.3 is 10.0 Å². The van der Waals surface area contributed by atoms with Crippen molar-refractivity contribution >= 4 is 16.9 Å². The van der Waals surface area contributed by atoms with Crippen LogP contribution in [0.5, 0.6) is 0 Å². The summed E-state index contributed by atoms with van der Waals surface area (Å²) in [6.07, 6.45) is 3.21. The number of aliphatic hydroxyl groups is 1. The first-order valence-electron chi connectivity index (χ1n) is 6.05. The Labute approximate surface area is 111 Å². The third kappa shape index (κ3) is 2.56. The molecule has 1 aromatic carbocycles. The topological polar surface area (TPSA) is 66.3 Å². The molecule has 2 aromatic rings. The van der Waals surface area contributed by atoms with Crippen LogP contribution >= 0.6 is 0 Å². The van der Waals surface area contributed by atoms with Crippen LogP contribution in [0.4, 0.5) is 0 Å². The summed E-state index contributed by atoms with van der Waals surface area (Å²) in [7, 11) is 1.68. The molecule has 0 bridgehead atoms. The molecule has 2 rings (SSSR count). The highest BCUT2D eigenvalue weighted by atomic mass is 16.3. The van der Waals surface area contributed by atoms with Crippen molar-refractivity contribution in [2.75, 3.05) is 13.7 Å². The van der Waals surface area contributed by atoms with Gasteiger partial charge in [-0.05, 0) is 32.0 Å². The van der Waals surface area contributed by atoms with Crippen molar-refractivity contribution in [1.29, 1.82) is 0 Å². The summed E-state index contributed by atoms with van der Waals surface area (Å²) in [5.41, 5.74) is 1.37. The van der Waals surface area contributed by atoms with E-state index in [0.717, 1.165) is 5.52 Å². The van der Waals surface area contributed by atoms with E-state index in [2.05, 4.69) is 9.97 Å². The van der Waals surface area contributed by atoms with Gasteiger partial charge in [-0.2, -0.15) is 0 Å². The molecule has 0 spiro atoms. The van der Waals surface area contributed by atoms with Crippen molar-refractivity contribution in [2.24, 2.45) is 0 Å². The zero-order valence-corrected chi connectivity index (χ0v) is 11.3. The first kappa shape index (κ1) is 13.4. The second-order valence-corrected chi connectivity index (χ2v) is 5.09. The van der Waals surface area contributed by atoms with E-state index in [1.165, 1.54) is 4.90 Å². The number of aromatic nitrogens is 2. The van der Waals surface area contributed by atoms with Gasteiger partial charge in [0.2, 0.25) is 0 Å². The fourth-order valence-corrected chi connectivity index (χ4v) is 1.67. The van der Waals surface area contributed by atoms with E-state index in [9.17, 15) is 9.90 Å².